The lowest BCUT2D eigenvalue weighted by Gasteiger charge is -2.40. The molecule has 24 heavy (non-hydrogen) atoms. The topological polar surface area (TPSA) is 46.6 Å². The van der Waals surface area contributed by atoms with Gasteiger partial charge in [0.25, 0.3) is 5.91 Å². The third-order valence-corrected chi connectivity index (χ3v) is 4.36. The van der Waals surface area contributed by atoms with E-state index in [4.69, 9.17) is 4.74 Å². The van der Waals surface area contributed by atoms with Crippen LogP contribution in [0.3, 0.4) is 0 Å². The molecule has 0 bridgehead atoms. The highest BCUT2D eigenvalue weighted by Crippen LogP contribution is 2.43. The van der Waals surface area contributed by atoms with Crippen LogP contribution in [0, 0.1) is 0 Å². The molecule has 1 heterocycles. The van der Waals surface area contributed by atoms with Crippen molar-refractivity contribution in [1.29, 1.82) is 0 Å². The highest BCUT2D eigenvalue weighted by molar-refractivity contribution is 6.00. The van der Waals surface area contributed by atoms with E-state index in [-0.39, 0.29) is 11.9 Å². The molecule has 2 aromatic rings. The first-order valence-electron chi connectivity index (χ1n) is 7.82. The molecule has 0 spiro atoms. The summed E-state index contributed by atoms with van der Waals surface area (Å²) in [7, 11) is 1.38. The fraction of sp³-hybridized carbons (Fsp3) is 0.200. The number of benzene rings is 2. The summed E-state index contributed by atoms with van der Waals surface area (Å²) in [4.78, 5) is 27.2. The minimum Gasteiger partial charge on any atom is -0.468 e. The summed E-state index contributed by atoms with van der Waals surface area (Å²) in [6.07, 6.45) is 1.68. The van der Waals surface area contributed by atoms with E-state index in [2.05, 4.69) is 6.58 Å². The average molecular weight is 321 g/mol. The Bertz CT molecular complexity index is 769. The zero-order valence-electron chi connectivity index (χ0n) is 13.5. The second-order valence-electron chi connectivity index (χ2n) is 5.69. The third-order valence-electron chi connectivity index (χ3n) is 4.36. The maximum Gasteiger partial charge on any atom is 0.315 e. The maximum absolute atomic E-state index is 13.0. The summed E-state index contributed by atoms with van der Waals surface area (Å²) in [5.41, 5.74) is 2.16. The van der Waals surface area contributed by atoms with E-state index in [0.717, 1.165) is 5.56 Å². The Hall–Kier alpha value is -2.88. The van der Waals surface area contributed by atoms with Gasteiger partial charge in [0.15, 0.2) is 0 Å². The number of hydrogen-bond donors (Lipinski definition) is 0. The van der Waals surface area contributed by atoms with Gasteiger partial charge in [0.2, 0.25) is 0 Å². The number of amides is 1. The van der Waals surface area contributed by atoms with Crippen LogP contribution in [0.2, 0.25) is 0 Å². The zero-order chi connectivity index (χ0) is 17.1. The van der Waals surface area contributed by atoms with Crippen molar-refractivity contribution in [3.05, 3.63) is 83.9 Å². The standard InChI is InChI=1S/C20H19NO3/c1-3-13-21-18(14-9-5-4-6-10-14)17(20(23)24-2)15-11-7-8-12-16(15)19(21)22/h3-12,17-18H,1,13H2,2H3/t17-,18+/m0/s1. The van der Waals surface area contributed by atoms with Crippen molar-refractivity contribution in [3.63, 3.8) is 0 Å². The molecule has 0 saturated heterocycles. The van der Waals surface area contributed by atoms with Crippen molar-refractivity contribution < 1.29 is 14.3 Å². The van der Waals surface area contributed by atoms with Gasteiger partial charge in [0.1, 0.15) is 5.92 Å². The highest BCUT2D eigenvalue weighted by Gasteiger charge is 2.44. The molecule has 2 aromatic carbocycles. The molecule has 0 radical (unpaired) electrons. The van der Waals surface area contributed by atoms with E-state index >= 15 is 0 Å². The van der Waals surface area contributed by atoms with Crippen LogP contribution in [0.15, 0.2) is 67.3 Å². The Morgan fingerprint density at radius 2 is 1.83 bits per heavy atom. The number of nitrogens with zero attached hydrogens (tertiary/aromatic N) is 1. The van der Waals surface area contributed by atoms with E-state index in [1.807, 2.05) is 42.5 Å². The van der Waals surface area contributed by atoms with Gasteiger partial charge in [-0.05, 0) is 17.2 Å². The normalized spacial score (nSPS) is 19.5. The van der Waals surface area contributed by atoms with Crippen LogP contribution in [0.5, 0.6) is 0 Å². The minimum absolute atomic E-state index is 0.0977. The summed E-state index contributed by atoms with van der Waals surface area (Å²) in [5.74, 6) is -1.01. The first-order chi connectivity index (χ1) is 11.7. The molecular weight excluding hydrogens is 302 g/mol. The molecule has 122 valence electrons. The van der Waals surface area contributed by atoms with Crippen molar-refractivity contribution in [3.8, 4) is 0 Å². The lowest BCUT2D eigenvalue weighted by atomic mass is 9.79. The van der Waals surface area contributed by atoms with Gasteiger partial charge < -0.3 is 9.64 Å². The number of rotatable bonds is 4. The number of hydrogen-bond acceptors (Lipinski definition) is 3. The molecule has 2 atom stereocenters. The first-order valence-corrected chi connectivity index (χ1v) is 7.82. The van der Waals surface area contributed by atoms with Crippen LogP contribution in [-0.2, 0) is 9.53 Å². The van der Waals surface area contributed by atoms with E-state index in [1.54, 1.807) is 23.1 Å². The van der Waals surface area contributed by atoms with Crippen molar-refractivity contribution in [2.45, 2.75) is 12.0 Å². The molecule has 0 aliphatic carbocycles. The van der Waals surface area contributed by atoms with Gasteiger partial charge in [-0.2, -0.15) is 0 Å². The van der Waals surface area contributed by atoms with Crippen LogP contribution in [0.4, 0.5) is 0 Å². The second kappa shape index (κ2) is 6.71. The molecule has 1 amide bonds. The van der Waals surface area contributed by atoms with Crippen LogP contribution in [0.1, 0.15) is 33.4 Å². The highest BCUT2D eigenvalue weighted by atomic mass is 16.5. The molecule has 0 fully saturated rings. The summed E-state index contributed by atoms with van der Waals surface area (Å²) in [6, 6.07) is 16.4. The Balaban J connectivity index is 2.22. The van der Waals surface area contributed by atoms with Crippen LogP contribution < -0.4 is 0 Å². The first kappa shape index (κ1) is 16.0. The monoisotopic (exact) mass is 321 g/mol. The van der Waals surface area contributed by atoms with Gasteiger partial charge in [-0.3, -0.25) is 9.59 Å². The second-order valence-corrected chi connectivity index (χ2v) is 5.69. The van der Waals surface area contributed by atoms with E-state index in [9.17, 15) is 9.59 Å². The fourth-order valence-corrected chi connectivity index (χ4v) is 3.34. The number of carbonyl (C=O) groups excluding carboxylic acids is 2. The number of ether oxygens (including phenoxy) is 1. The van der Waals surface area contributed by atoms with E-state index in [0.29, 0.717) is 17.7 Å². The van der Waals surface area contributed by atoms with Gasteiger partial charge in [0.05, 0.1) is 13.2 Å². The summed E-state index contributed by atoms with van der Waals surface area (Å²) in [5, 5.41) is 0. The Morgan fingerprint density at radius 3 is 2.50 bits per heavy atom. The quantitative estimate of drug-likeness (QED) is 0.641. The fourth-order valence-electron chi connectivity index (χ4n) is 3.34. The molecule has 4 nitrogen and oxygen atoms in total. The SMILES string of the molecule is C=CCN1C(=O)c2ccccc2[C@H](C(=O)OC)[C@H]1c1ccccc1. The van der Waals surface area contributed by atoms with E-state index in [1.165, 1.54) is 7.11 Å². The minimum atomic E-state index is -0.564. The Kier molecular flexibility index (Phi) is 4.47. The van der Waals surface area contributed by atoms with Gasteiger partial charge in [-0.1, -0.05) is 54.6 Å². The molecular formula is C20H19NO3. The van der Waals surface area contributed by atoms with Crippen molar-refractivity contribution in [2.24, 2.45) is 0 Å². The number of carbonyl (C=O) groups is 2. The molecule has 1 aliphatic rings. The summed E-state index contributed by atoms with van der Waals surface area (Å²) in [6.45, 7) is 4.11. The summed E-state index contributed by atoms with van der Waals surface area (Å²) >= 11 is 0. The molecule has 4 heteroatoms. The largest absolute Gasteiger partial charge is 0.468 e. The van der Waals surface area contributed by atoms with Crippen molar-refractivity contribution >= 4 is 11.9 Å². The van der Waals surface area contributed by atoms with E-state index < -0.39 is 12.0 Å². The van der Waals surface area contributed by atoms with Gasteiger partial charge >= 0.3 is 5.97 Å². The maximum atomic E-state index is 13.0. The molecule has 0 saturated carbocycles. The molecule has 1 aliphatic heterocycles. The number of fused-ring (bicyclic) bond motifs is 1. The number of esters is 1. The zero-order valence-corrected chi connectivity index (χ0v) is 13.5. The van der Waals surface area contributed by atoms with Crippen LogP contribution >= 0.6 is 0 Å². The third kappa shape index (κ3) is 2.60. The molecule has 0 N–H and O–H groups in total. The smallest absolute Gasteiger partial charge is 0.315 e. The van der Waals surface area contributed by atoms with Crippen LogP contribution in [-0.4, -0.2) is 30.4 Å². The molecule has 0 aromatic heterocycles. The molecule has 0 unspecified atom stereocenters. The van der Waals surface area contributed by atoms with Gasteiger partial charge in [-0.25, -0.2) is 0 Å². The van der Waals surface area contributed by atoms with Crippen molar-refractivity contribution in [1.82, 2.24) is 4.90 Å². The van der Waals surface area contributed by atoms with Crippen LogP contribution in [0.25, 0.3) is 0 Å². The average Bonchev–Trinajstić information content (AvgIpc) is 2.64. The van der Waals surface area contributed by atoms with Gasteiger partial charge in [0, 0.05) is 12.1 Å². The predicted molar refractivity (Wildman–Crippen MR) is 91.6 cm³/mol. The molecule has 3 rings (SSSR count). The summed E-state index contributed by atoms with van der Waals surface area (Å²) < 4.78 is 5.06. The lowest BCUT2D eigenvalue weighted by Crippen LogP contribution is -2.45. The number of methoxy groups -OCH3 is 1. The van der Waals surface area contributed by atoms with Crippen molar-refractivity contribution in [2.75, 3.05) is 13.7 Å². The Morgan fingerprint density at radius 1 is 1.17 bits per heavy atom. The lowest BCUT2D eigenvalue weighted by molar-refractivity contribution is -0.144. The van der Waals surface area contributed by atoms with Gasteiger partial charge in [-0.15, -0.1) is 6.58 Å². The predicted octanol–water partition coefficient (Wildman–Crippen LogP) is 3.33. The Labute approximate surface area is 141 Å².